The van der Waals surface area contributed by atoms with Crippen LogP contribution in [-0.2, 0) is 9.53 Å². The van der Waals surface area contributed by atoms with Crippen LogP contribution < -0.4 is 0 Å². The van der Waals surface area contributed by atoms with Crippen molar-refractivity contribution in [3.05, 3.63) is 71.3 Å². The van der Waals surface area contributed by atoms with Crippen LogP contribution in [0.15, 0.2) is 48.5 Å². The van der Waals surface area contributed by atoms with Crippen molar-refractivity contribution >= 4 is 12.0 Å². The summed E-state index contributed by atoms with van der Waals surface area (Å²) in [6.07, 6.45) is 1.63. The molecule has 2 saturated heterocycles. The summed E-state index contributed by atoms with van der Waals surface area (Å²) in [6, 6.07) is 11.7. The lowest BCUT2D eigenvalue weighted by molar-refractivity contribution is -0.139. The first-order chi connectivity index (χ1) is 15.6. The van der Waals surface area contributed by atoms with Crippen LogP contribution >= 0.6 is 0 Å². The van der Waals surface area contributed by atoms with Gasteiger partial charge in [0.15, 0.2) is 0 Å². The molecule has 0 aromatic heterocycles. The fourth-order valence-corrected chi connectivity index (χ4v) is 4.93. The first-order valence-electron chi connectivity index (χ1n) is 11.4. The standard InChI is InChI=1S/C26H30F2N2O3/c1-25(2,3)33-24(32)29-15-4-13-26(17-29)14-16-30(23(26)31)22(18-5-9-20(27)10-6-18)19-7-11-21(28)12-8-19/h5-12,22H,4,13-17H2,1-3H3. The minimum atomic E-state index is -0.673. The molecular formula is C26H30F2N2O3. The van der Waals surface area contributed by atoms with E-state index in [0.29, 0.717) is 32.5 Å². The second kappa shape index (κ2) is 8.76. The van der Waals surface area contributed by atoms with Gasteiger partial charge in [-0.15, -0.1) is 0 Å². The van der Waals surface area contributed by atoms with Gasteiger partial charge < -0.3 is 14.5 Å². The zero-order valence-electron chi connectivity index (χ0n) is 19.3. The van der Waals surface area contributed by atoms with E-state index >= 15 is 0 Å². The molecular weight excluding hydrogens is 426 g/mol. The van der Waals surface area contributed by atoms with Crippen molar-refractivity contribution in [3.8, 4) is 0 Å². The Morgan fingerprint density at radius 2 is 1.48 bits per heavy atom. The van der Waals surface area contributed by atoms with E-state index in [2.05, 4.69) is 0 Å². The SMILES string of the molecule is CC(C)(C)OC(=O)N1CCCC2(CCN(C(c3ccc(F)cc3)c3ccc(F)cc3)C2=O)C1. The lowest BCUT2D eigenvalue weighted by Crippen LogP contribution is -2.51. The molecule has 1 unspecified atom stereocenters. The van der Waals surface area contributed by atoms with E-state index < -0.39 is 23.2 Å². The molecule has 0 bridgehead atoms. The molecule has 2 aliphatic heterocycles. The Morgan fingerprint density at radius 3 is 2.00 bits per heavy atom. The molecule has 7 heteroatoms. The quantitative estimate of drug-likeness (QED) is 0.630. The summed E-state index contributed by atoms with van der Waals surface area (Å²) in [6.45, 7) is 6.84. The zero-order chi connectivity index (χ0) is 23.8. The molecule has 2 heterocycles. The largest absolute Gasteiger partial charge is 0.444 e. The second-order valence-corrected chi connectivity index (χ2v) is 10.0. The molecule has 1 spiro atoms. The van der Waals surface area contributed by atoms with Crippen molar-refractivity contribution in [2.24, 2.45) is 5.41 Å². The number of carbonyl (C=O) groups is 2. The third-order valence-corrected chi connectivity index (χ3v) is 6.46. The van der Waals surface area contributed by atoms with E-state index in [9.17, 15) is 18.4 Å². The molecule has 33 heavy (non-hydrogen) atoms. The van der Waals surface area contributed by atoms with Gasteiger partial charge in [0.2, 0.25) is 5.91 Å². The number of piperidine rings is 1. The predicted octanol–water partition coefficient (Wildman–Crippen LogP) is 5.30. The molecule has 0 saturated carbocycles. The molecule has 0 N–H and O–H groups in total. The smallest absolute Gasteiger partial charge is 0.410 e. The molecule has 0 radical (unpaired) electrons. The van der Waals surface area contributed by atoms with E-state index in [0.717, 1.165) is 17.5 Å². The first-order valence-corrected chi connectivity index (χ1v) is 11.4. The summed E-state index contributed by atoms with van der Waals surface area (Å²) in [5.41, 5.74) is 0.235. The second-order valence-electron chi connectivity index (χ2n) is 10.0. The van der Waals surface area contributed by atoms with Crippen LogP contribution in [0.2, 0.25) is 0 Å². The van der Waals surface area contributed by atoms with E-state index in [1.807, 2.05) is 20.8 Å². The average Bonchev–Trinajstić information content (AvgIpc) is 3.05. The minimum Gasteiger partial charge on any atom is -0.444 e. The molecule has 2 aromatic carbocycles. The number of amides is 2. The number of nitrogens with zero attached hydrogens (tertiary/aromatic N) is 2. The monoisotopic (exact) mass is 456 g/mol. The van der Waals surface area contributed by atoms with Crippen molar-refractivity contribution in [3.63, 3.8) is 0 Å². The van der Waals surface area contributed by atoms with Crippen LogP contribution in [0, 0.1) is 17.0 Å². The van der Waals surface area contributed by atoms with Crippen LogP contribution in [0.5, 0.6) is 0 Å². The van der Waals surface area contributed by atoms with Gasteiger partial charge in [0.25, 0.3) is 0 Å². The number of rotatable bonds is 3. The molecule has 2 aliphatic rings. The van der Waals surface area contributed by atoms with Gasteiger partial charge in [-0.2, -0.15) is 0 Å². The van der Waals surface area contributed by atoms with Gasteiger partial charge in [-0.05, 0) is 75.4 Å². The molecule has 4 rings (SSSR count). The Balaban J connectivity index is 1.62. The van der Waals surface area contributed by atoms with Crippen LogP contribution in [0.4, 0.5) is 13.6 Å². The Hall–Kier alpha value is -2.96. The molecule has 0 aliphatic carbocycles. The highest BCUT2D eigenvalue weighted by molar-refractivity contribution is 5.87. The third kappa shape index (κ3) is 4.87. The minimum absolute atomic E-state index is 0.0330. The number of likely N-dealkylation sites (tertiary alicyclic amines) is 2. The lowest BCUT2D eigenvalue weighted by Gasteiger charge is -2.40. The predicted molar refractivity (Wildman–Crippen MR) is 120 cm³/mol. The molecule has 2 fully saturated rings. The van der Waals surface area contributed by atoms with Crippen molar-refractivity contribution in [1.29, 1.82) is 0 Å². The maximum Gasteiger partial charge on any atom is 0.410 e. The number of halogens is 2. The number of hydrogen-bond donors (Lipinski definition) is 0. The number of ether oxygens (including phenoxy) is 1. The Bertz CT molecular complexity index is 972. The summed E-state index contributed by atoms with van der Waals surface area (Å²) in [5.74, 6) is -0.753. The molecule has 2 amide bonds. The van der Waals surface area contributed by atoms with Gasteiger partial charge >= 0.3 is 6.09 Å². The van der Waals surface area contributed by atoms with E-state index in [1.54, 1.807) is 34.1 Å². The third-order valence-electron chi connectivity index (χ3n) is 6.46. The van der Waals surface area contributed by atoms with Gasteiger partial charge in [-0.25, -0.2) is 13.6 Å². The van der Waals surface area contributed by atoms with E-state index in [-0.39, 0.29) is 17.5 Å². The summed E-state index contributed by atoms with van der Waals surface area (Å²) in [4.78, 5) is 30.0. The van der Waals surface area contributed by atoms with Crippen LogP contribution in [0.25, 0.3) is 0 Å². The van der Waals surface area contributed by atoms with Crippen LogP contribution in [0.3, 0.4) is 0 Å². The topological polar surface area (TPSA) is 49.9 Å². The number of hydrogen-bond acceptors (Lipinski definition) is 3. The summed E-state index contributed by atoms with van der Waals surface area (Å²) in [5, 5.41) is 0. The van der Waals surface area contributed by atoms with Crippen molar-refractivity contribution in [2.45, 2.75) is 51.7 Å². The molecule has 5 nitrogen and oxygen atoms in total. The molecule has 176 valence electrons. The van der Waals surface area contributed by atoms with Gasteiger partial charge in [0.05, 0.1) is 11.5 Å². The summed E-state index contributed by atoms with van der Waals surface area (Å²) >= 11 is 0. The van der Waals surface area contributed by atoms with Gasteiger partial charge in [0, 0.05) is 19.6 Å². The Morgan fingerprint density at radius 1 is 0.939 bits per heavy atom. The van der Waals surface area contributed by atoms with Crippen LogP contribution in [0.1, 0.15) is 57.2 Å². The molecule has 1 atom stereocenters. The van der Waals surface area contributed by atoms with Gasteiger partial charge in [-0.3, -0.25) is 4.79 Å². The van der Waals surface area contributed by atoms with E-state index in [1.165, 1.54) is 24.3 Å². The fraction of sp³-hybridized carbons (Fsp3) is 0.462. The highest BCUT2D eigenvalue weighted by atomic mass is 19.1. The van der Waals surface area contributed by atoms with Crippen LogP contribution in [-0.4, -0.2) is 47.0 Å². The number of benzene rings is 2. The van der Waals surface area contributed by atoms with Crippen molar-refractivity contribution in [2.75, 3.05) is 19.6 Å². The Kier molecular flexibility index (Phi) is 6.16. The highest BCUT2D eigenvalue weighted by Crippen LogP contribution is 2.45. The normalized spacial score (nSPS) is 21.2. The van der Waals surface area contributed by atoms with E-state index in [4.69, 9.17) is 4.74 Å². The number of carbonyl (C=O) groups excluding carboxylic acids is 2. The lowest BCUT2D eigenvalue weighted by atomic mass is 9.78. The maximum absolute atomic E-state index is 13.9. The maximum atomic E-state index is 13.9. The first kappa shape index (κ1) is 23.2. The van der Waals surface area contributed by atoms with Gasteiger partial charge in [0.1, 0.15) is 17.2 Å². The summed E-state index contributed by atoms with van der Waals surface area (Å²) in [7, 11) is 0. The van der Waals surface area contributed by atoms with Crippen molar-refractivity contribution in [1.82, 2.24) is 9.80 Å². The van der Waals surface area contributed by atoms with Gasteiger partial charge in [-0.1, -0.05) is 24.3 Å². The molecule has 2 aromatic rings. The zero-order valence-corrected chi connectivity index (χ0v) is 19.3. The fourth-order valence-electron chi connectivity index (χ4n) is 4.93. The average molecular weight is 457 g/mol. The Labute approximate surface area is 193 Å². The summed E-state index contributed by atoms with van der Waals surface area (Å²) < 4.78 is 32.7. The van der Waals surface area contributed by atoms with Crippen molar-refractivity contribution < 1.29 is 23.1 Å². The highest BCUT2D eigenvalue weighted by Gasteiger charge is 2.51.